The van der Waals surface area contributed by atoms with Crippen LogP contribution in [0.15, 0.2) is 0 Å². The molecule has 0 bridgehead atoms. The van der Waals surface area contributed by atoms with Crippen molar-refractivity contribution < 1.29 is 23.7 Å². The van der Waals surface area contributed by atoms with Crippen LogP contribution in [0.3, 0.4) is 0 Å². The average Bonchev–Trinajstić information content (AvgIpc) is 2.55. The van der Waals surface area contributed by atoms with Crippen molar-refractivity contribution in [1.29, 1.82) is 0 Å². The number of aldehydes is 1. The van der Waals surface area contributed by atoms with Crippen LogP contribution >= 0.6 is 0 Å². The number of rotatable bonds is 2. The Morgan fingerprint density at radius 3 is 2.64 bits per heavy atom. The second-order valence-corrected chi connectivity index (χ2v) is 3.91. The van der Waals surface area contributed by atoms with Crippen LogP contribution in [-0.2, 0) is 23.7 Å². The predicted octanol–water partition coefficient (Wildman–Crippen LogP) is 0.0767. The first-order valence-corrected chi connectivity index (χ1v) is 4.56. The third-order valence-electron chi connectivity index (χ3n) is 2.43. The minimum absolute atomic E-state index is 0.315. The molecule has 0 saturated carbocycles. The first kappa shape index (κ1) is 10.0. The Morgan fingerprint density at radius 2 is 2.07 bits per heavy atom. The molecule has 4 atom stereocenters. The zero-order valence-corrected chi connectivity index (χ0v) is 8.43. The van der Waals surface area contributed by atoms with Crippen molar-refractivity contribution >= 4 is 6.29 Å². The molecule has 2 saturated heterocycles. The third-order valence-corrected chi connectivity index (χ3v) is 2.43. The van der Waals surface area contributed by atoms with Crippen LogP contribution in [-0.4, -0.2) is 43.8 Å². The summed E-state index contributed by atoms with van der Waals surface area (Å²) in [6.07, 6.45) is -1.06. The molecule has 2 rings (SSSR count). The Kier molecular flexibility index (Phi) is 2.35. The lowest BCUT2D eigenvalue weighted by atomic mass is 10.1. The van der Waals surface area contributed by atoms with E-state index in [0.29, 0.717) is 6.29 Å². The average molecular weight is 202 g/mol. The van der Waals surface area contributed by atoms with Gasteiger partial charge in [-0.05, 0) is 13.8 Å². The van der Waals surface area contributed by atoms with Gasteiger partial charge in [0.05, 0.1) is 0 Å². The van der Waals surface area contributed by atoms with E-state index in [9.17, 15) is 4.79 Å². The van der Waals surface area contributed by atoms with Gasteiger partial charge >= 0.3 is 0 Å². The predicted molar refractivity (Wildman–Crippen MR) is 45.6 cm³/mol. The SMILES string of the molecule is CO[C@@H]1C(C=O)O[C@H]2OC(C)(C)O[C@H]21. The van der Waals surface area contributed by atoms with Crippen LogP contribution in [0.1, 0.15) is 13.8 Å². The molecule has 2 aliphatic heterocycles. The topological polar surface area (TPSA) is 54.0 Å². The van der Waals surface area contributed by atoms with Gasteiger partial charge in [0.1, 0.15) is 18.3 Å². The van der Waals surface area contributed by atoms with Crippen molar-refractivity contribution in [2.45, 2.75) is 44.2 Å². The summed E-state index contributed by atoms with van der Waals surface area (Å²) in [5.41, 5.74) is 0. The lowest BCUT2D eigenvalue weighted by molar-refractivity contribution is -0.213. The van der Waals surface area contributed by atoms with Gasteiger partial charge in [-0.15, -0.1) is 0 Å². The van der Waals surface area contributed by atoms with Gasteiger partial charge in [-0.2, -0.15) is 0 Å². The van der Waals surface area contributed by atoms with E-state index in [4.69, 9.17) is 18.9 Å². The maximum Gasteiger partial charge on any atom is 0.190 e. The zero-order valence-electron chi connectivity index (χ0n) is 8.43. The van der Waals surface area contributed by atoms with Crippen molar-refractivity contribution in [2.75, 3.05) is 7.11 Å². The van der Waals surface area contributed by atoms with Gasteiger partial charge in [0, 0.05) is 7.11 Å². The van der Waals surface area contributed by atoms with E-state index in [1.165, 1.54) is 7.11 Å². The number of hydrogen-bond acceptors (Lipinski definition) is 5. The highest BCUT2D eigenvalue weighted by Gasteiger charge is 2.55. The minimum atomic E-state index is -0.667. The molecule has 14 heavy (non-hydrogen) atoms. The fraction of sp³-hybridized carbons (Fsp3) is 0.889. The van der Waals surface area contributed by atoms with E-state index in [1.807, 2.05) is 0 Å². The molecule has 0 aromatic heterocycles. The van der Waals surface area contributed by atoms with Crippen LogP contribution in [0.5, 0.6) is 0 Å². The summed E-state index contributed by atoms with van der Waals surface area (Å²) in [6.45, 7) is 3.61. The molecular formula is C9H14O5. The van der Waals surface area contributed by atoms with E-state index in [2.05, 4.69) is 0 Å². The first-order valence-electron chi connectivity index (χ1n) is 4.56. The first-order chi connectivity index (χ1) is 6.57. The molecule has 0 aromatic carbocycles. The highest BCUT2D eigenvalue weighted by atomic mass is 16.8. The number of ether oxygens (including phenoxy) is 4. The summed E-state index contributed by atoms with van der Waals surface area (Å²) in [5, 5.41) is 0. The molecule has 5 nitrogen and oxygen atoms in total. The van der Waals surface area contributed by atoms with Crippen LogP contribution in [0.4, 0.5) is 0 Å². The summed E-state index contributed by atoms with van der Waals surface area (Å²) in [6, 6.07) is 0. The molecule has 0 aromatic rings. The third kappa shape index (κ3) is 1.46. The second-order valence-electron chi connectivity index (χ2n) is 3.91. The smallest absolute Gasteiger partial charge is 0.190 e. The number of methoxy groups -OCH3 is 1. The normalized spacial score (nSPS) is 45.1. The highest BCUT2D eigenvalue weighted by molar-refractivity contribution is 5.58. The molecule has 0 N–H and O–H groups in total. The van der Waals surface area contributed by atoms with Gasteiger partial charge in [0.15, 0.2) is 18.4 Å². The quantitative estimate of drug-likeness (QED) is 0.593. The van der Waals surface area contributed by atoms with Gasteiger partial charge in [-0.1, -0.05) is 0 Å². The Morgan fingerprint density at radius 1 is 1.36 bits per heavy atom. The van der Waals surface area contributed by atoms with E-state index in [0.717, 1.165) is 0 Å². The maximum absolute atomic E-state index is 10.7. The molecule has 0 spiro atoms. The Balaban J connectivity index is 2.13. The molecule has 0 amide bonds. The standard InChI is InChI=1S/C9H14O5/c1-9(2)13-7-6(11-3)5(4-10)12-8(7)14-9/h4-8H,1-3H3/t5?,6-,7+,8+/m1/s1. The largest absolute Gasteiger partial charge is 0.375 e. The Labute approximate surface area is 82.3 Å². The van der Waals surface area contributed by atoms with E-state index < -0.39 is 18.2 Å². The van der Waals surface area contributed by atoms with Crippen LogP contribution in [0.2, 0.25) is 0 Å². The lowest BCUT2D eigenvalue weighted by Crippen LogP contribution is -2.36. The summed E-state index contributed by atoms with van der Waals surface area (Å²) in [5.74, 6) is -0.667. The summed E-state index contributed by atoms with van der Waals surface area (Å²) in [4.78, 5) is 10.7. The zero-order chi connectivity index (χ0) is 10.3. The Bertz CT molecular complexity index is 239. The van der Waals surface area contributed by atoms with Gasteiger partial charge in [-0.3, -0.25) is 0 Å². The van der Waals surface area contributed by atoms with Crippen molar-refractivity contribution in [1.82, 2.24) is 0 Å². The lowest BCUT2D eigenvalue weighted by Gasteiger charge is -2.22. The van der Waals surface area contributed by atoms with Gasteiger partial charge < -0.3 is 23.7 Å². The van der Waals surface area contributed by atoms with Gasteiger partial charge in [0.25, 0.3) is 0 Å². The Hall–Kier alpha value is -0.490. The monoisotopic (exact) mass is 202 g/mol. The van der Waals surface area contributed by atoms with E-state index in [1.54, 1.807) is 13.8 Å². The molecule has 2 heterocycles. The molecule has 0 aliphatic carbocycles. The van der Waals surface area contributed by atoms with Gasteiger partial charge in [-0.25, -0.2) is 0 Å². The fourth-order valence-corrected chi connectivity index (χ4v) is 1.88. The fourth-order valence-electron chi connectivity index (χ4n) is 1.88. The second kappa shape index (κ2) is 3.27. The van der Waals surface area contributed by atoms with E-state index >= 15 is 0 Å². The molecule has 0 radical (unpaired) electrons. The molecule has 1 unspecified atom stereocenters. The van der Waals surface area contributed by atoms with E-state index in [-0.39, 0.29) is 12.2 Å². The number of carbonyl (C=O) groups is 1. The number of fused-ring (bicyclic) bond motifs is 1. The van der Waals surface area contributed by atoms with Crippen LogP contribution in [0.25, 0.3) is 0 Å². The minimum Gasteiger partial charge on any atom is -0.375 e. The van der Waals surface area contributed by atoms with Gasteiger partial charge in [0.2, 0.25) is 0 Å². The number of carbonyl (C=O) groups excluding carboxylic acids is 1. The van der Waals surface area contributed by atoms with Crippen LogP contribution < -0.4 is 0 Å². The van der Waals surface area contributed by atoms with Crippen molar-refractivity contribution in [2.24, 2.45) is 0 Å². The summed E-state index contributed by atoms with van der Waals surface area (Å²) >= 11 is 0. The molecule has 2 aliphatic rings. The summed E-state index contributed by atoms with van der Waals surface area (Å²) in [7, 11) is 1.53. The summed E-state index contributed by atoms with van der Waals surface area (Å²) < 4.78 is 21.5. The highest BCUT2D eigenvalue weighted by Crippen LogP contribution is 2.37. The van der Waals surface area contributed by atoms with Crippen molar-refractivity contribution in [3.05, 3.63) is 0 Å². The number of hydrogen-bond donors (Lipinski definition) is 0. The van der Waals surface area contributed by atoms with Crippen molar-refractivity contribution in [3.8, 4) is 0 Å². The maximum atomic E-state index is 10.7. The molecule has 80 valence electrons. The molecule has 2 fully saturated rings. The van der Waals surface area contributed by atoms with Crippen LogP contribution in [0, 0.1) is 0 Å². The van der Waals surface area contributed by atoms with Crippen molar-refractivity contribution in [3.63, 3.8) is 0 Å². The molecule has 5 heteroatoms. The molecular weight excluding hydrogens is 188 g/mol.